The van der Waals surface area contributed by atoms with E-state index >= 15 is 0 Å². The minimum atomic E-state index is -0.999. The van der Waals surface area contributed by atoms with Gasteiger partial charge in [-0.1, -0.05) is 6.07 Å². The predicted molar refractivity (Wildman–Crippen MR) is 62.4 cm³/mol. The number of carboxylic acids is 1. The number of halogens is 1. The lowest BCUT2D eigenvalue weighted by atomic mass is 9.91. The third kappa shape index (κ3) is 1.96. The molecule has 1 aliphatic heterocycles. The van der Waals surface area contributed by atoms with Crippen LogP contribution in [0.5, 0.6) is 0 Å². The second-order valence-electron chi connectivity index (χ2n) is 4.60. The smallest absolute Gasteiger partial charge is 0.309 e. The van der Waals surface area contributed by atoms with Crippen molar-refractivity contribution in [2.45, 2.75) is 19.4 Å². The summed E-state index contributed by atoms with van der Waals surface area (Å²) < 4.78 is 13.1. The number of carbonyl (C=O) groups is 2. The van der Waals surface area contributed by atoms with Gasteiger partial charge in [0.15, 0.2) is 0 Å². The Morgan fingerprint density at radius 3 is 2.72 bits per heavy atom. The molecule has 1 aromatic carbocycles. The molecule has 2 atom stereocenters. The van der Waals surface area contributed by atoms with Crippen molar-refractivity contribution >= 4 is 11.9 Å². The van der Waals surface area contributed by atoms with Gasteiger partial charge in [0.1, 0.15) is 5.82 Å². The molecule has 2 unspecified atom stereocenters. The van der Waals surface area contributed by atoms with Gasteiger partial charge in [-0.05, 0) is 30.2 Å². The van der Waals surface area contributed by atoms with Gasteiger partial charge in [0, 0.05) is 13.5 Å². The number of amides is 1. The zero-order chi connectivity index (χ0) is 13.4. The lowest BCUT2D eigenvalue weighted by molar-refractivity contribution is -0.142. The van der Waals surface area contributed by atoms with Crippen molar-refractivity contribution in [2.75, 3.05) is 7.05 Å². The van der Waals surface area contributed by atoms with Gasteiger partial charge in [-0.25, -0.2) is 4.39 Å². The van der Waals surface area contributed by atoms with Gasteiger partial charge < -0.3 is 10.0 Å². The molecule has 1 amide bonds. The van der Waals surface area contributed by atoms with E-state index in [1.165, 1.54) is 17.0 Å². The topological polar surface area (TPSA) is 57.6 Å². The van der Waals surface area contributed by atoms with Crippen LogP contribution in [-0.2, 0) is 9.59 Å². The Morgan fingerprint density at radius 2 is 2.17 bits per heavy atom. The molecule has 96 valence electrons. The van der Waals surface area contributed by atoms with E-state index < -0.39 is 17.9 Å². The number of aryl methyl sites for hydroxylation is 1. The largest absolute Gasteiger partial charge is 0.481 e. The molecule has 1 fully saturated rings. The molecule has 1 heterocycles. The van der Waals surface area contributed by atoms with Crippen molar-refractivity contribution in [3.8, 4) is 0 Å². The Bertz CT molecular complexity index is 515. The van der Waals surface area contributed by atoms with Crippen LogP contribution in [-0.4, -0.2) is 28.9 Å². The van der Waals surface area contributed by atoms with Crippen LogP contribution in [0.2, 0.25) is 0 Å². The maximum Gasteiger partial charge on any atom is 0.309 e. The quantitative estimate of drug-likeness (QED) is 0.871. The van der Waals surface area contributed by atoms with E-state index in [1.54, 1.807) is 20.0 Å². The van der Waals surface area contributed by atoms with Crippen molar-refractivity contribution < 1.29 is 19.1 Å². The molecule has 0 radical (unpaired) electrons. The molecule has 1 saturated heterocycles. The molecule has 0 aliphatic carbocycles. The number of carboxylic acid groups (broad SMARTS) is 1. The van der Waals surface area contributed by atoms with Crippen LogP contribution in [0.3, 0.4) is 0 Å². The summed E-state index contributed by atoms with van der Waals surface area (Å²) in [6, 6.07) is 3.68. The molecule has 1 aromatic rings. The van der Waals surface area contributed by atoms with Crippen LogP contribution < -0.4 is 0 Å². The zero-order valence-corrected chi connectivity index (χ0v) is 10.2. The highest BCUT2D eigenvalue weighted by atomic mass is 19.1. The van der Waals surface area contributed by atoms with Crippen molar-refractivity contribution in [3.05, 3.63) is 35.1 Å². The fourth-order valence-corrected chi connectivity index (χ4v) is 2.49. The summed E-state index contributed by atoms with van der Waals surface area (Å²) in [5.74, 6) is -2.33. The number of likely N-dealkylation sites (tertiary alicyclic amines) is 1. The third-order valence-electron chi connectivity index (χ3n) is 3.45. The molecule has 0 aromatic heterocycles. The number of nitrogens with zero attached hydrogens (tertiary/aromatic N) is 1. The second kappa shape index (κ2) is 4.40. The average molecular weight is 251 g/mol. The maximum absolute atomic E-state index is 13.1. The number of aliphatic carboxylic acids is 1. The zero-order valence-electron chi connectivity index (χ0n) is 10.2. The molecule has 0 bridgehead atoms. The summed E-state index contributed by atoms with van der Waals surface area (Å²) in [4.78, 5) is 24.3. The van der Waals surface area contributed by atoms with E-state index in [1.807, 2.05) is 0 Å². The molecule has 1 aliphatic rings. The maximum atomic E-state index is 13.1. The number of hydrogen-bond acceptors (Lipinski definition) is 2. The standard InChI is InChI=1S/C13H14FNO3/c1-7-5-8(14)3-4-9(7)12-10(13(17)18)6-11(16)15(12)2/h3-5,10,12H,6H2,1-2H3,(H,17,18). The SMILES string of the molecule is Cc1cc(F)ccc1C1C(C(=O)O)CC(=O)N1C. The van der Waals surface area contributed by atoms with E-state index in [-0.39, 0.29) is 18.1 Å². The van der Waals surface area contributed by atoms with Crippen LogP contribution in [0, 0.1) is 18.7 Å². The van der Waals surface area contributed by atoms with Crippen molar-refractivity contribution in [2.24, 2.45) is 5.92 Å². The predicted octanol–water partition coefficient (Wildman–Crippen LogP) is 1.74. The van der Waals surface area contributed by atoms with Crippen molar-refractivity contribution in [1.82, 2.24) is 4.90 Å². The Kier molecular flexibility index (Phi) is 3.07. The summed E-state index contributed by atoms with van der Waals surface area (Å²) in [5, 5.41) is 9.17. The van der Waals surface area contributed by atoms with E-state index in [4.69, 9.17) is 0 Å². The molecule has 5 heteroatoms. The lowest BCUT2D eigenvalue weighted by Crippen LogP contribution is -2.27. The lowest BCUT2D eigenvalue weighted by Gasteiger charge is -2.24. The number of hydrogen-bond donors (Lipinski definition) is 1. The molecule has 1 N–H and O–H groups in total. The first-order chi connectivity index (χ1) is 8.41. The van der Waals surface area contributed by atoms with E-state index in [0.717, 1.165) is 0 Å². The van der Waals surface area contributed by atoms with Crippen LogP contribution in [0.1, 0.15) is 23.6 Å². The average Bonchev–Trinajstić information content (AvgIpc) is 2.57. The molecule has 0 spiro atoms. The highest BCUT2D eigenvalue weighted by Gasteiger charge is 2.43. The summed E-state index contributed by atoms with van der Waals surface area (Å²) in [7, 11) is 1.58. The van der Waals surface area contributed by atoms with Crippen LogP contribution in [0.25, 0.3) is 0 Å². The monoisotopic (exact) mass is 251 g/mol. The van der Waals surface area contributed by atoms with Gasteiger partial charge in [-0.3, -0.25) is 9.59 Å². The Balaban J connectivity index is 2.46. The first-order valence-corrected chi connectivity index (χ1v) is 5.66. The summed E-state index contributed by atoms with van der Waals surface area (Å²) in [5.41, 5.74) is 1.35. The molecular formula is C13H14FNO3. The fourth-order valence-electron chi connectivity index (χ4n) is 2.49. The van der Waals surface area contributed by atoms with Gasteiger partial charge >= 0.3 is 5.97 Å². The van der Waals surface area contributed by atoms with Crippen LogP contribution in [0.15, 0.2) is 18.2 Å². The molecule has 0 saturated carbocycles. The van der Waals surface area contributed by atoms with Gasteiger partial charge in [0.05, 0.1) is 12.0 Å². The molecular weight excluding hydrogens is 237 g/mol. The summed E-state index contributed by atoms with van der Waals surface area (Å²) in [6.45, 7) is 1.72. The first-order valence-electron chi connectivity index (χ1n) is 5.66. The molecule has 18 heavy (non-hydrogen) atoms. The van der Waals surface area contributed by atoms with Gasteiger partial charge in [-0.15, -0.1) is 0 Å². The van der Waals surface area contributed by atoms with E-state index in [9.17, 15) is 19.1 Å². The fraction of sp³-hybridized carbons (Fsp3) is 0.385. The minimum absolute atomic E-state index is 0.00663. The minimum Gasteiger partial charge on any atom is -0.481 e. The van der Waals surface area contributed by atoms with E-state index in [2.05, 4.69) is 0 Å². The molecule has 4 nitrogen and oxygen atoms in total. The van der Waals surface area contributed by atoms with Crippen molar-refractivity contribution in [3.63, 3.8) is 0 Å². The Hall–Kier alpha value is -1.91. The van der Waals surface area contributed by atoms with Crippen LogP contribution in [0.4, 0.5) is 4.39 Å². The number of benzene rings is 1. The highest BCUT2D eigenvalue weighted by molar-refractivity contribution is 5.87. The van der Waals surface area contributed by atoms with Gasteiger partial charge in [-0.2, -0.15) is 0 Å². The summed E-state index contributed by atoms with van der Waals surface area (Å²) >= 11 is 0. The highest BCUT2D eigenvalue weighted by Crippen LogP contribution is 2.38. The van der Waals surface area contributed by atoms with Crippen molar-refractivity contribution in [1.29, 1.82) is 0 Å². The third-order valence-corrected chi connectivity index (χ3v) is 3.45. The van der Waals surface area contributed by atoms with Crippen LogP contribution >= 0.6 is 0 Å². The normalized spacial score (nSPS) is 23.5. The molecule has 2 rings (SSSR count). The first kappa shape index (κ1) is 12.5. The summed E-state index contributed by atoms with van der Waals surface area (Å²) in [6.07, 6.45) is -0.00663. The number of carbonyl (C=O) groups excluding carboxylic acids is 1. The van der Waals surface area contributed by atoms with E-state index in [0.29, 0.717) is 11.1 Å². The number of rotatable bonds is 2. The Labute approximate surface area is 104 Å². The van der Waals surface area contributed by atoms with Gasteiger partial charge in [0.2, 0.25) is 5.91 Å². The van der Waals surface area contributed by atoms with Gasteiger partial charge in [0.25, 0.3) is 0 Å². The Morgan fingerprint density at radius 1 is 1.50 bits per heavy atom. The second-order valence-corrected chi connectivity index (χ2v) is 4.60.